The lowest BCUT2D eigenvalue weighted by Gasteiger charge is -2.11. The summed E-state index contributed by atoms with van der Waals surface area (Å²) in [5.74, 6) is 0.464. The lowest BCUT2D eigenvalue weighted by Crippen LogP contribution is -2.02. The molecular formula is C17H11Cl2IN2O. The third-order valence-electron chi connectivity index (χ3n) is 4.17. The molecular weight excluding hydrogens is 446 g/mol. The summed E-state index contributed by atoms with van der Waals surface area (Å²) in [5, 5.41) is 6.56. The number of carbonyl (C=O) groups is 1. The third-order valence-corrected chi connectivity index (χ3v) is 5.64. The molecule has 2 aromatic carbocycles. The zero-order valence-corrected chi connectivity index (χ0v) is 15.6. The number of hydrogen-bond donors (Lipinski definition) is 0. The molecule has 1 fully saturated rings. The molecule has 0 spiro atoms. The van der Waals surface area contributed by atoms with Crippen molar-refractivity contribution in [1.29, 1.82) is 0 Å². The van der Waals surface area contributed by atoms with E-state index in [0.29, 0.717) is 27.2 Å². The SMILES string of the molecule is O=Cc1c(C2CC2)ccc(-n2nc(I)c3c(Cl)cccc32)c1Cl. The summed E-state index contributed by atoms with van der Waals surface area (Å²) >= 11 is 15.0. The molecule has 0 aliphatic heterocycles. The van der Waals surface area contributed by atoms with Gasteiger partial charge in [0.25, 0.3) is 0 Å². The zero-order chi connectivity index (χ0) is 16.1. The Morgan fingerprint density at radius 1 is 1.22 bits per heavy atom. The molecule has 3 aromatic rings. The first kappa shape index (κ1) is 15.4. The quantitative estimate of drug-likeness (QED) is 0.378. The molecule has 0 amide bonds. The molecule has 23 heavy (non-hydrogen) atoms. The standard InChI is InChI=1S/C17H11Cl2IN2O/c18-12-2-1-3-13-15(12)17(20)21-22(13)14-7-6-10(9-4-5-9)11(8-23)16(14)19/h1-3,6-9H,4-5H2. The van der Waals surface area contributed by atoms with Gasteiger partial charge in [0, 0.05) is 5.56 Å². The number of rotatable bonds is 3. The predicted octanol–water partition coefficient (Wildman–Crippen LogP) is 5.63. The van der Waals surface area contributed by atoms with Gasteiger partial charge in [-0.25, -0.2) is 4.68 Å². The average Bonchev–Trinajstić information content (AvgIpc) is 3.32. The molecule has 1 aromatic heterocycles. The second-order valence-corrected chi connectivity index (χ2v) is 7.44. The Morgan fingerprint density at radius 2 is 2.00 bits per heavy atom. The Balaban J connectivity index is 1.98. The highest BCUT2D eigenvalue weighted by atomic mass is 127. The van der Waals surface area contributed by atoms with Gasteiger partial charge < -0.3 is 0 Å². The number of benzene rings is 2. The third kappa shape index (κ3) is 2.47. The number of halogens is 3. The number of nitrogens with zero attached hydrogens (tertiary/aromatic N) is 2. The van der Waals surface area contributed by atoms with Crippen molar-refractivity contribution < 1.29 is 4.79 Å². The normalized spacial score (nSPS) is 14.4. The van der Waals surface area contributed by atoms with Gasteiger partial charge in [0.1, 0.15) is 3.70 Å². The van der Waals surface area contributed by atoms with E-state index >= 15 is 0 Å². The van der Waals surface area contributed by atoms with Crippen LogP contribution < -0.4 is 0 Å². The van der Waals surface area contributed by atoms with E-state index in [9.17, 15) is 4.79 Å². The van der Waals surface area contributed by atoms with Crippen molar-refractivity contribution in [2.75, 3.05) is 0 Å². The topological polar surface area (TPSA) is 34.9 Å². The van der Waals surface area contributed by atoms with Gasteiger partial charge in [-0.05, 0) is 65.1 Å². The molecule has 1 aliphatic carbocycles. The molecule has 6 heteroatoms. The van der Waals surface area contributed by atoms with Gasteiger partial charge in [-0.1, -0.05) is 35.3 Å². The van der Waals surface area contributed by atoms with Gasteiger partial charge in [-0.3, -0.25) is 4.79 Å². The van der Waals surface area contributed by atoms with Crippen molar-refractivity contribution in [2.45, 2.75) is 18.8 Å². The molecule has 0 saturated heterocycles. The van der Waals surface area contributed by atoms with E-state index in [2.05, 4.69) is 27.7 Å². The second-order valence-electron chi connectivity index (χ2n) is 5.63. The number of hydrogen-bond acceptors (Lipinski definition) is 2. The van der Waals surface area contributed by atoms with Crippen molar-refractivity contribution in [1.82, 2.24) is 9.78 Å². The molecule has 0 unspecified atom stereocenters. The van der Waals surface area contributed by atoms with Crippen LogP contribution in [-0.4, -0.2) is 16.1 Å². The summed E-state index contributed by atoms with van der Waals surface area (Å²) < 4.78 is 2.56. The lowest BCUT2D eigenvalue weighted by atomic mass is 10.0. The van der Waals surface area contributed by atoms with Gasteiger partial charge in [-0.15, -0.1) is 0 Å². The Labute approximate surface area is 156 Å². The van der Waals surface area contributed by atoms with Crippen LogP contribution in [0.3, 0.4) is 0 Å². The maximum atomic E-state index is 11.6. The summed E-state index contributed by atoms with van der Waals surface area (Å²) in [6.07, 6.45) is 3.09. The van der Waals surface area contributed by atoms with E-state index in [0.717, 1.165) is 39.3 Å². The van der Waals surface area contributed by atoms with E-state index < -0.39 is 0 Å². The van der Waals surface area contributed by atoms with E-state index in [4.69, 9.17) is 23.2 Å². The van der Waals surface area contributed by atoms with Gasteiger partial charge in [0.15, 0.2) is 6.29 Å². The van der Waals surface area contributed by atoms with Crippen LogP contribution >= 0.6 is 45.8 Å². The van der Waals surface area contributed by atoms with E-state index in [1.807, 2.05) is 30.3 Å². The summed E-state index contributed by atoms with van der Waals surface area (Å²) in [5.41, 5.74) is 3.19. The van der Waals surface area contributed by atoms with Gasteiger partial charge >= 0.3 is 0 Å². The molecule has 1 heterocycles. The monoisotopic (exact) mass is 456 g/mol. The minimum Gasteiger partial charge on any atom is -0.298 e. The Morgan fingerprint density at radius 3 is 2.70 bits per heavy atom. The molecule has 116 valence electrons. The fraction of sp³-hybridized carbons (Fsp3) is 0.176. The molecule has 1 aliphatic rings. The number of fused-ring (bicyclic) bond motifs is 1. The van der Waals surface area contributed by atoms with Crippen LogP contribution in [0, 0.1) is 3.70 Å². The molecule has 0 radical (unpaired) electrons. The lowest BCUT2D eigenvalue weighted by molar-refractivity contribution is 0.112. The van der Waals surface area contributed by atoms with Crippen molar-refractivity contribution in [2.24, 2.45) is 0 Å². The maximum Gasteiger partial charge on any atom is 0.151 e. The van der Waals surface area contributed by atoms with Crippen LogP contribution in [0.4, 0.5) is 0 Å². The Kier molecular flexibility index (Phi) is 3.86. The molecule has 3 nitrogen and oxygen atoms in total. The molecule has 0 atom stereocenters. The van der Waals surface area contributed by atoms with Crippen molar-refractivity contribution in [3.8, 4) is 5.69 Å². The fourth-order valence-electron chi connectivity index (χ4n) is 2.90. The zero-order valence-electron chi connectivity index (χ0n) is 11.9. The summed E-state index contributed by atoms with van der Waals surface area (Å²) in [6.45, 7) is 0. The first-order chi connectivity index (χ1) is 11.1. The minimum absolute atomic E-state index is 0.449. The van der Waals surface area contributed by atoms with Crippen LogP contribution in [0.2, 0.25) is 10.0 Å². The largest absolute Gasteiger partial charge is 0.298 e. The summed E-state index contributed by atoms with van der Waals surface area (Å²) in [7, 11) is 0. The fourth-order valence-corrected chi connectivity index (χ4v) is 4.40. The van der Waals surface area contributed by atoms with Crippen LogP contribution in [0.25, 0.3) is 16.6 Å². The van der Waals surface area contributed by atoms with Crippen LogP contribution in [-0.2, 0) is 0 Å². The van der Waals surface area contributed by atoms with Crippen molar-refractivity contribution in [3.63, 3.8) is 0 Å². The molecule has 1 saturated carbocycles. The van der Waals surface area contributed by atoms with Crippen LogP contribution in [0.5, 0.6) is 0 Å². The highest BCUT2D eigenvalue weighted by Crippen LogP contribution is 2.44. The molecule has 0 N–H and O–H groups in total. The Hall–Kier alpha value is -1.11. The molecule has 4 rings (SSSR count). The van der Waals surface area contributed by atoms with E-state index in [1.165, 1.54) is 0 Å². The predicted molar refractivity (Wildman–Crippen MR) is 101 cm³/mol. The summed E-state index contributed by atoms with van der Waals surface area (Å²) in [6, 6.07) is 9.60. The first-order valence-electron chi connectivity index (χ1n) is 7.22. The van der Waals surface area contributed by atoms with Crippen LogP contribution in [0.15, 0.2) is 30.3 Å². The number of aldehydes is 1. The Bertz CT molecular complexity index is 947. The second kappa shape index (κ2) is 5.76. The van der Waals surface area contributed by atoms with E-state index in [1.54, 1.807) is 4.68 Å². The minimum atomic E-state index is 0.449. The smallest absolute Gasteiger partial charge is 0.151 e. The van der Waals surface area contributed by atoms with Gasteiger partial charge in [0.2, 0.25) is 0 Å². The van der Waals surface area contributed by atoms with Crippen molar-refractivity contribution in [3.05, 3.63) is 55.2 Å². The maximum absolute atomic E-state index is 11.6. The number of aromatic nitrogens is 2. The molecule has 0 bridgehead atoms. The van der Waals surface area contributed by atoms with Gasteiger partial charge in [0.05, 0.1) is 26.6 Å². The van der Waals surface area contributed by atoms with Crippen LogP contribution in [0.1, 0.15) is 34.7 Å². The average molecular weight is 457 g/mol. The number of carbonyl (C=O) groups excluding carboxylic acids is 1. The first-order valence-corrected chi connectivity index (χ1v) is 9.06. The van der Waals surface area contributed by atoms with Crippen molar-refractivity contribution >= 4 is 63.0 Å². The highest BCUT2D eigenvalue weighted by Gasteiger charge is 2.28. The highest BCUT2D eigenvalue weighted by molar-refractivity contribution is 14.1. The van der Waals surface area contributed by atoms with Gasteiger partial charge in [-0.2, -0.15) is 5.10 Å². The summed E-state index contributed by atoms with van der Waals surface area (Å²) in [4.78, 5) is 11.6. The van der Waals surface area contributed by atoms with E-state index in [-0.39, 0.29) is 0 Å².